The molecule has 2 aliphatic rings. The molecule has 1 aromatic heterocycles. The van der Waals surface area contributed by atoms with E-state index in [2.05, 4.69) is 35.2 Å². The molecule has 4 nitrogen and oxygen atoms in total. The molecule has 0 aromatic carbocycles. The van der Waals surface area contributed by atoms with Crippen LogP contribution in [0.15, 0.2) is 6.07 Å². The summed E-state index contributed by atoms with van der Waals surface area (Å²) < 4.78 is 0. The topological polar surface area (TPSA) is 41.1 Å². The summed E-state index contributed by atoms with van der Waals surface area (Å²) in [6, 6.07) is 2.20. The highest BCUT2D eigenvalue weighted by Crippen LogP contribution is 2.28. The smallest absolute Gasteiger partial charge is 0.133 e. The molecular weight excluding hydrogens is 236 g/mol. The second-order valence-corrected chi connectivity index (χ2v) is 6.06. The third-order valence-electron chi connectivity index (χ3n) is 4.45. The maximum atomic E-state index is 4.89. The number of rotatable bonds is 2. The minimum absolute atomic E-state index is 0.518. The summed E-state index contributed by atoms with van der Waals surface area (Å²) >= 11 is 0. The first-order valence-electron chi connectivity index (χ1n) is 7.47. The van der Waals surface area contributed by atoms with Gasteiger partial charge in [-0.25, -0.2) is 9.97 Å². The van der Waals surface area contributed by atoms with Crippen molar-refractivity contribution in [1.29, 1.82) is 0 Å². The van der Waals surface area contributed by atoms with Crippen molar-refractivity contribution in [3.63, 3.8) is 0 Å². The first kappa shape index (κ1) is 13.0. The predicted molar refractivity (Wildman–Crippen MR) is 76.5 cm³/mol. The van der Waals surface area contributed by atoms with Gasteiger partial charge in [0.2, 0.25) is 0 Å². The van der Waals surface area contributed by atoms with Crippen LogP contribution in [-0.2, 0) is 0 Å². The largest absolute Gasteiger partial charge is 0.316 e. The number of piperidine rings is 1. The lowest BCUT2D eigenvalue weighted by atomic mass is 9.93. The lowest BCUT2D eigenvalue weighted by molar-refractivity contribution is 0.253. The van der Waals surface area contributed by atoms with Crippen molar-refractivity contribution in [2.45, 2.75) is 38.0 Å². The molecule has 0 spiro atoms. The fourth-order valence-corrected chi connectivity index (χ4v) is 3.19. The van der Waals surface area contributed by atoms with Crippen molar-refractivity contribution >= 4 is 0 Å². The van der Waals surface area contributed by atoms with E-state index in [9.17, 15) is 0 Å². The Morgan fingerprint density at radius 1 is 1.16 bits per heavy atom. The molecule has 0 amide bonds. The van der Waals surface area contributed by atoms with Gasteiger partial charge in [-0.1, -0.05) is 0 Å². The molecule has 19 heavy (non-hydrogen) atoms. The molecule has 4 heteroatoms. The maximum absolute atomic E-state index is 4.89. The molecule has 0 bridgehead atoms. The molecule has 0 radical (unpaired) electrons. The van der Waals surface area contributed by atoms with Crippen molar-refractivity contribution in [3.05, 3.63) is 23.3 Å². The molecule has 0 saturated carbocycles. The van der Waals surface area contributed by atoms with E-state index >= 15 is 0 Å². The van der Waals surface area contributed by atoms with Gasteiger partial charge in [0.25, 0.3) is 0 Å². The second-order valence-electron chi connectivity index (χ2n) is 6.06. The molecule has 1 aromatic rings. The SMILES string of the molecule is Cc1cc(C2CCN(C)CC2)nc(C2CCNC2)n1. The number of hydrogen-bond acceptors (Lipinski definition) is 4. The van der Waals surface area contributed by atoms with Gasteiger partial charge in [0.05, 0.1) is 0 Å². The van der Waals surface area contributed by atoms with Crippen molar-refractivity contribution in [2.75, 3.05) is 33.2 Å². The number of likely N-dealkylation sites (tertiary alicyclic amines) is 1. The van der Waals surface area contributed by atoms with Crippen molar-refractivity contribution < 1.29 is 0 Å². The molecule has 2 fully saturated rings. The maximum Gasteiger partial charge on any atom is 0.133 e. The highest BCUT2D eigenvalue weighted by molar-refractivity contribution is 5.17. The summed E-state index contributed by atoms with van der Waals surface area (Å²) in [5.41, 5.74) is 2.41. The van der Waals surface area contributed by atoms with Gasteiger partial charge in [-0.05, 0) is 58.9 Å². The Balaban J connectivity index is 1.80. The van der Waals surface area contributed by atoms with Crippen molar-refractivity contribution in [2.24, 2.45) is 0 Å². The van der Waals surface area contributed by atoms with Crippen molar-refractivity contribution in [3.8, 4) is 0 Å². The molecule has 2 aliphatic heterocycles. The zero-order valence-corrected chi connectivity index (χ0v) is 12.0. The number of aryl methyl sites for hydroxylation is 1. The van der Waals surface area contributed by atoms with Gasteiger partial charge in [-0.3, -0.25) is 0 Å². The Hall–Kier alpha value is -1.00. The fourth-order valence-electron chi connectivity index (χ4n) is 3.19. The molecule has 1 N–H and O–H groups in total. The van der Waals surface area contributed by atoms with Crippen LogP contribution in [0.5, 0.6) is 0 Å². The zero-order chi connectivity index (χ0) is 13.2. The van der Waals surface area contributed by atoms with Gasteiger partial charge in [0.15, 0.2) is 0 Å². The van der Waals surface area contributed by atoms with E-state index < -0.39 is 0 Å². The van der Waals surface area contributed by atoms with E-state index in [-0.39, 0.29) is 0 Å². The van der Waals surface area contributed by atoms with Crippen LogP contribution in [0.4, 0.5) is 0 Å². The number of nitrogens with zero attached hydrogens (tertiary/aromatic N) is 3. The Bertz CT molecular complexity index is 432. The van der Waals surface area contributed by atoms with Gasteiger partial charge < -0.3 is 10.2 Å². The molecule has 3 rings (SSSR count). The normalized spacial score (nSPS) is 25.9. The lowest BCUT2D eigenvalue weighted by Gasteiger charge is -2.29. The van der Waals surface area contributed by atoms with E-state index in [1.54, 1.807) is 0 Å². The van der Waals surface area contributed by atoms with Gasteiger partial charge in [0, 0.05) is 29.8 Å². The first-order valence-corrected chi connectivity index (χ1v) is 7.47. The second kappa shape index (κ2) is 5.55. The fraction of sp³-hybridized carbons (Fsp3) is 0.733. The highest BCUT2D eigenvalue weighted by Gasteiger charge is 2.24. The highest BCUT2D eigenvalue weighted by atomic mass is 15.1. The van der Waals surface area contributed by atoms with Crippen LogP contribution < -0.4 is 5.32 Å². The first-order chi connectivity index (χ1) is 9.22. The summed E-state index contributed by atoms with van der Waals surface area (Å²) in [5, 5.41) is 3.41. The summed E-state index contributed by atoms with van der Waals surface area (Å²) in [7, 11) is 2.21. The Labute approximate surface area is 115 Å². The number of hydrogen-bond donors (Lipinski definition) is 1. The number of nitrogens with one attached hydrogen (secondary N) is 1. The molecule has 1 unspecified atom stereocenters. The summed E-state index contributed by atoms with van der Waals surface area (Å²) in [4.78, 5) is 12.0. The van der Waals surface area contributed by atoms with Crippen LogP contribution in [0.2, 0.25) is 0 Å². The van der Waals surface area contributed by atoms with Crippen LogP contribution in [0.1, 0.15) is 48.3 Å². The molecule has 104 valence electrons. The van der Waals surface area contributed by atoms with Crippen LogP contribution >= 0.6 is 0 Å². The van der Waals surface area contributed by atoms with Gasteiger partial charge in [-0.15, -0.1) is 0 Å². The molecule has 2 saturated heterocycles. The average Bonchev–Trinajstić information content (AvgIpc) is 2.93. The van der Waals surface area contributed by atoms with E-state index in [1.165, 1.54) is 38.0 Å². The van der Waals surface area contributed by atoms with E-state index in [4.69, 9.17) is 4.98 Å². The van der Waals surface area contributed by atoms with Gasteiger partial charge >= 0.3 is 0 Å². The Kier molecular flexibility index (Phi) is 3.80. The zero-order valence-electron chi connectivity index (χ0n) is 12.0. The lowest BCUT2D eigenvalue weighted by Crippen LogP contribution is -2.29. The molecule has 1 atom stereocenters. The van der Waals surface area contributed by atoms with Crippen LogP contribution in [0.3, 0.4) is 0 Å². The minimum Gasteiger partial charge on any atom is -0.316 e. The third kappa shape index (κ3) is 2.95. The summed E-state index contributed by atoms with van der Waals surface area (Å²) in [6.07, 6.45) is 3.64. The van der Waals surface area contributed by atoms with Crippen LogP contribution in [-0.4, -0.2) is 48.1 Å². The van der Waals surface area contributed by atoms with Crippen molar-refractivity contribution in [1.82, 2.24) is 20.2 Å². The number of aromatic nitrogens is 2. The quantitative estimate of drug-likeness (QED) is 0.878. The monoisotopic (exact) mass is 260 g/mol. The average molecular weight is 260 g/mol. The molecule has 0 aliphatic carbocycles. The minimum atomic E-state index is 0.518. The molecular formula is C15H24N4. The van der Waals surface area contributed by atoms with Gasteiger partial charge in [0.1, 0.15) is 5.82 Å². The van der Waals surface area contributed by atoms with E-state index in [0.717, 1.165) is 24.6 Å². The standard InChI is InChI=1S/C15H24N4/c1-11-9-14(12-4-7-19(2)8-5-12)18-15(17-11)13-3-6-16-10-13/h9,12-13,16H,3-8,10H2,1-2H3. The van der Waals surface area contributed by atoms with E-state index in [0.29, 0.717) is 11.8 Å². The predicted octanol–water partition coefficient (Wildman–Crippen LogP) is 1.67. The Morgan fingerprint density at radius 3 is 2.63 bits per heavy atom. The molecule has 3 heterocycles. The Morgan fingerprint density at radius 2 is 1.95 bits per heavy atom. The van der Waals surface area contributed by atoms with Gasteiger partial charge in [-0.2, -0.15) is 0 Å². The third-order valence-corrected chi connectivity index (χ3v) is 4.45. The summed E-state index contributed by atoms with van der Waals surface area (Å²) in [6.45, 7) is 6.62. The van der Waals surface area contributed by atoms with Crippen LogP contribution in [0.25, 0.3) is 0 Å². The van der Waals surface area contributed by atoms with Crippen LogP contribution in [0, 0.1) is 6.92 Å². The summed E-state index contributed by atoms with van der Waals surface area (Å²) in [5.74, 6) is 2.22. The van der Waals surface area contributed by atoms with E-state index in [1.807, 2.05) is 0 Å².